The number of nitrogens with one attached hydrogen (secondary N) is 1. The highest BCUT2D eigenvalue weighted by Gasteiger charge is 2.28. The van der Waals surface area contributed by atoms with Gasteiger partial charge in [-0.2, -0.15) is 0 Å². The van der Waals surface area contributed by atoms with Gasteiger partial charge in [0, 0.05) is 18.5 Å². The number of ether oxygens (including phenoxy) is 2. The number of esters is 1. The minimum atomic E-state index is -0.599. The summed E-state index contributed by atoms with van der Waals surface area (Å²) in [6.07, 6.45) is 3.71. The number of hydrogen-bond acceptors (Lipinski definition) is 5. The van der Waals surface area contributed by atoms with Gasteiger partial charge >= 0.3 is 5.97 Å². The molecule has 0 amide bonds. The SMILES string of the molecule is CCOC(=O)CCc1cccc(OCC(O)CNC(C)(C)CC2Cc3ccccc3C2)c1. The number of aliphatic hydroxyl groups is 1. The smallest absolute Gasteiger partial charge is 0.306 e. The standard InChI is InChI=1S/C27H37NO4/c1-4-31-26(30)13-12-20-8-7-11-25(16-20)32-19-24(29)18-28-27(2,3)17-21-14-22-9-5-6-10-23(22)15-21/h5-11,16,21,24,28-29H,4,12-15,17-19H2,1-3H3. The summed E-state index contributed by atoms with van der Waals surface area (Å²) < 4.78 is 10.8. The van der Waals surface area contributed by atoms with Gasteiger partial charge in [-0.25, -0.2) is 0 Å². The van der Waals surface area contributed by atoms with Crippen LogP contribution in [0.4, 0.5) is 0 Å². The lowest BCUT2D eigenvalue weighted by Gasteiger charge is -2.30. The van der Waals surface area contributed by atoms with Crippen molar-refractivity contribution in [2.75, 3.05) is 19.8 Å². The normalized spacial score (nSPS) is 14.8. The first-order valence-electron chi connectivity index (χ1n) is 11.7. The first-order valence-corrected chi connectivity index (χ1v) is 11.7. The van der Waals surface area contributed by atoms with Gasteiger partial charge in [0.05, 0.1) is 6.61 Å². The van der Waals surface area contributed by atoms with Gasteiger partial charge in [-0.05, 0) is 81.2 Å². The van der Waals surface area contributed by atoms with Gasteiger partial charge in [0.25, 0.3) is 0 Å². The molecule has 174 valence electrons. The average Bonchev–Trinajstić information content (AvgIpc) is 3.17. The van der Waals surface area contributed by atoms with Crippen LogP contribution < -0.4 is 10.1 Å². The van der Waals surface area contributed by atoms with E-state index in [0.29, 0.717) is 37.7 Å². The van der Waals surface area contributed by atoms with Gasteiger partial charge in [0.1, 0.15) is 18.5 Å². The topological polar surface area (TPSA) is 67.8 Å². The maximum absolute atomic E-state index is 11.5. The van der Waals surface area contributed by atoms with Gasteiger partial charge in [-0.1, -0.05) is 36.4 Å². The minimum Gasteiger partial charge on any atom is -0.491 e. The van der Waals surface area contributed by atoms with Gasteiger partial charge in [-0.15, -0.1) is 0 Å². The lowest BCUT2D eigenvalue weighted by atomic mass is 9.88. The van der Waals surface area contributed by atoms with E-state index < -0.39 is 6.10 Å². The molecule has 2 N–H and O–H groups in total. The van der Waals surface area contributed by atoms with Crippen molar-refractivity contribution < 1.29 is 19.4 Å². The maximum Gasteiger partial charge on any atom is 0.306 e. The molecule has 0 saturated carbocycles. The second kappa shape index (κ2) is 11.5. The van der Waals surface area contributed by atoms with Crippen LogP contribution in [0.5, 0.6) is 5.75 Å². The predicted octanol–water partition coefficient (Wildman–Crippen LogP) is 4.10. The zero-order chi connectivity index (χ0) is 23.0. The quantitative estimate of drug-likeness (QED) is 0.488. The van der Waals surface area contributed by atoms with E-state index in [1.54, 1.807) is 0 Å². The largest absolute Gasteiger partial charge is 0.491 e. The molecule has 3 rings (SSSR count). The van der Waals surface area contributed by atoms with Crippen molar-refractivity contribution in [2.45, 2.75) is 64.5 Å². The molecule has 0 heterocycles. The third-order valence-electron chi connectivity index (χ3n) is 6.01. The van der Waals surface area contributed by atoms with E-state index in [1.807, 2.05) is 31.2 Å². The van der Waals surface area contributed by atoms with Crippen LogP contribution in [0, 0.1) is 5.92 Å². The lowest BCUT2D eigenvalue weighted by Crippen LogP contribution is -2.46. The van der Waals surface area contributed by atoms with Gasteiger partial charge in [-0.3, -0.25) is 4.79 Å². The second-order valence-corrected chi connectivity index (χ2v) is 9.43. The average molecular weight is 440 g/mol. The molecule has 0 saturated heterocycles. The zero-order valence-corrected chi connectivity index (χ0v) is 19.6. The molecule has 0 aromatic heterocycles. The number of β-amino-alcohol motifs (C(OH)–C–C–N with tert-alkyl or cyclic N) is 1. The number of fused-ring (bicyclic) bond motifs is 1. The Morgan fingerprint density at radius 3 is 2.56 bits per heavy atom. The Morgan fingerprint density at radius 2 is 1.88 bits per heavy atom. The predicted molar refractivity (Wildman–Crippen MR) is 127 cm³/mol. The Hall–Kier alpha value is -2.37. The molecule has 2 aromatic rings. The van der Waals surface area contributed by atoms with E-state index >= 15 is 0 Å². The van der Waals surface area contributed by atoms with Crippen LogP contribution in [0.25, 0.3) is 0 Å². The zero-order valence-electron chi connectivity index (χ0n) is 19.6. The molecule has 2 aromatic carbocycles. The Balaban J connectivity index is 1.39. The van der Waals surface area contributed by atoms with Crippen LogP contribution in [-0.4, -0.2) is 42.5 Å². The fourth-order valence-corrected chi connectivity index (χ4v) is 4.50. The van der Waals surface area contributed by atoms with E-state index in [2.05, 4.69) is 43.4 Å². The molecular formula is C27H37NO4. The van der Waals surface area contributed by atoms with Crippen molar-refractivity contribution in [1.29, 1.82) is 0 Å². The molecule has 1 aliphatic rings. The number of hydrogen-bond donors (Lipinski definition) is 2. The molecule has 32 heavy (non-hydrogen) atoms. The summed E-state index contributed by atoms with van der Waals surface area (Å²) >= 11 is 0. The second-order valence-electron chi connectivity index (χ2n) is 9.43. The molecule has 5 nitrogen and oxygen atoms in total. The van der Waals surface area contributed by atoms with E-state index in [-0.39, 0.29) is 18.1 Å². The molecule has 0 aliphatic heterocycles. The monoisotopic (exact) mass is 439 g/mol. The first-order chi connectivity index (χ1) is 15.3. The van der Waals surface area contributed by atoms with Crippen molar-refractivity contribution in [2.24, 2.45) is 5.92 Å². The summed E-state index contributed by atoms with van der Waals surface area (Å²) in [5.41, 5.74) is 3.92. The molecule has 1 unspecified atom stereocenters. The fraction of sp³-hybridized carbons (Fsp3) is 0.519. The maximum atomic E-state index is 11.5. The van der Waals surface area contributed by atoms with Crippen LogP contribution in [-0.2, 0) is 28.8 Å². The van der Waals surface area contributed by atoms with Crippen LogP contribution in [0.1, 0.15) is 50.3 Å². The highest BCUT2D eigenvalue weighted by Crippen LogP contribution is 2.31. The molecule has 1 atom stereocenters. The fourth-order valence-electron chi connectivity index (χ4n) is 4.50. The number of carbonyl (C=O) groups is 1. The highest BCUT2D eigenvalue weighted by molar-refractivity contribution is 5.69. The minimum absolute atomic E-state index is 0.0549. The Bertz CT molecular complexity index is 854. The van der Waals surface area contributed by atoms with Crippen LogP contribution in [0.2, 0.25) is 0 Å². The number of rotatable bonds is 12. The number of carbonyl (C=O) groups excluding carboxylic acids is 1. The summed E-state index contributed by atoms with van der Waals surface area (Å²) in [4.78, 5) is 11.5. The number of benzene rings is 2. The third-order valence-corrected chi connectivity index (χ3v) is 6.01. The van der Waals surface area contributed by atoms with Gasteiger partial charge < -0.3 is 19.9 Å². The van der Waals surface area contributed by atoms with E-state index in [0.717, 1.165) is 24.8 Å². The Labute approximate surface area is 192 Å². The molecular weight excluding hydrogens is 402 g/mol. The Kier molecular flexibility index (Phi) is 8.71. The summed E-state index contributed by atoms with van der Waals surface area (Å²) in [6, 6.07) is 16.4. The van der Waals surface area contributed by atoms with Gasteiger partial charge in [0.15, 0.2) is 0 Å². The van der Waals surface area contributed by atoms with E-state index in [4.69, 9.17) is 9.47 Å². The van der Waals surface area contributed by atoms with E-state index in [1.165, 1.54) is 11.1 Å². The van der Waals surface area contributed by atoms with Crippen molar-refractivity contribution in [1.82, 2.24) is 5.32 Å². The molecule has 1 aliphatic carbocycles. The lowest BCUT2D eigenvalue weighted by molar-refractivity contribution is -0.143. The molecule has 0 bridgehead atoms. The van der Waals surface area contributed by atoms with Crippen molar-refractivity contribution >= 4 is 5.97 Å². The van der Waals surface area contributed by atoms with Crippen molar-refractivity contribution in [3.63, 3.8) is 0 Å². The molecule has 0 spiro atoms. The Morgan fingerprint density at radius 1 is 1.16 bits per heavy atom. The highest BCUT2D eigenvalue weighted by atomic mass is 16.5. The molecule has 0 radical (unpaired) electrons. The third kappa shape index (κ3) is 7.64. The van der Waals surface area contributed by atoms with Crippen LogP contribution >= 0.6 is 0 Å². The van der Waals surface area contributed by atoms with Gasteiger partial charge in [0.2, 0.25) is 0 Å². The molecule has 5 heteroatoms. The van der Waals surface area contributed by atoms with E-state index in [9.17, 15) is 9.90 Å². The van der Waals surface area contributed by atoms with Crippen molar-refractivity contribution in [3.05, 3.63) is 65.2 Å². The molecule has 0 fully saturated rings. The first kappa shape index (κ1) is 24.3. The summed E-state index contributed by atoms with van der Waals surface area (Å²) in [5.74, 6) is 1.15. The van der Waals surface area contributed by atoms with Crippen LogP contribution in [0.15, 0.2) is 48.5 Å². The van der Waals surface area contributed by atoms with Crippen molar-refractivity contribution in [3.8, 4) is 5.75 Å². The summed E-state index contributed by atoms with van der Waals surface area (Å²) in [6.45, 7) is 7.32. The number of aryl methyl sites for hydroxylation is 1. The van der Waals surface area contributed by atoms with Crippen LogP contribution in [0.3, 0.4) is 0 Å². The summed E-state index contributed by atoms with van der Waals surface area (Å²) in [7, 11) is 0. The summed E-state index contributed by atoms with van der Waals surface area (Å²) in [5, 5.41) is 14.0. The number of aliphatic hydroxyl groups excluding tert-OH is 1.